The maximum absolute atomic E-state index is 12.0. The summed E-state index contributed by atoms with van der Waals surface area (Å²) >= 11 is 0. The molecular weight excluding hydrogens is 240 g/mol. The molecule has 0 saturated heterocycles. The van der Waals surface area contributed by atoms with Crippen molar-refractivity contribution in [1.82, 2.24) is 4.90 Å². The second kappa shape index (κ2) is 7.79. The topological polar surface area (TPSA) is 52.6 Å². The van der Waals surface area contributed by atoms with Crippen LogP contribution in [-0.4, -0.2) is 29.1 Å². The highest BCUT2D eigenvalue weighted by Gasteiger charge is 2.11. The molecule has 0 fully saturated rings. The van der Waals surface area contributed by atoms with Gasteiger partial charge >= 0.3 is 6.03 Å². The quantitative estimate of drug-likeness (QED) is 0.827. The highest BCUT2D eigenvalue weighted by atomic mass is 16.3. The first-order valence-electron chi connectivity index (χ1n) is 6.92. The second-order valence-corrected chi connectivity index (χ2v) is 4.66. The van der Waals surface area contributed by atoms with Gasteiger partial charge in [-0.25, -0.2) is 4.79 Å². The van der Waals surface area contributed by atoms with Gasteiger partial charge < -0.3 is 15.3 Å². The predicted octanol–water partition coefficient (Wildman–Crippen LogP) is 3.39. The van der Waals surface area contributed by atoms with Crippen molar-refractivity contribution < 1.29 is 9.90 Å². The number of urea groups is 1. The lowest BCUT2D eigenvalue weighted by molar-refractivity contribution is 0.199. The maximum atomic E-state index is 12.0. The average molecular weight is 264 g/mol. The van der Waals surface area contributed by atoms with Gasteiger partial charge in [-0.1, -0.05) is 25.5 Å². The monoisotopic (exact) mass is 264 g/mol. The van der Waals surface area contributed by atoms with Crippen LogP contribution in [0.4, 0.5) is 10.5 Å². The highest BCUT2D eigenvalue weighted by molar-refractivity contribution is 5.89. The Labute approximate surface area is 115 Å². The van der Waals surface area contributed by atoms with Crippen LogP contribution in [-0.2, 0) is 0 Å². The first kappa shape index (κ1) is 15.5. The molecule has 0 heterocycles. The number of carbonyl (C=O) groups is 1. The van der Waals surface area contributed by atoms with Gasteiger partial charge in [0, 0.05) is 18.8 Å². The molecule has 4 nitrogen and oxygen atoms in total. The summed E-state index contributed by atoms with van der Waals surface area (Å²) in [5.41, 5.74) is 1.60. The van der Waals surface area contributed by atoms with E-state index in [9.17, 15) is 9.90 Å². The summed E-state index contributed by atoms with van der Waals surface area (Å²) in [6, 6.07) is 7.20. The molecule has 0 radical (unpaired) electrons. The van der Waals surface area contributed by atoms with Gasteiger partial charge in [0.1, 0.15) is 0 Å². The molecule has 1 unspecified atom stereocenters. The van der Waals surface area contributed by atoms with E-state index >= 15 is 0 Å². The minimum Gasteiger partial charge on any atom is -0.389 e. The van der Waals surface area contributed by atoms with Crippen LogP contribution in [0.2, 0.25) is 0 Å². The minimum absolute atomic E-state index is 0.0688. The Bertz CT molecular complexity index is 388. The molecule has 0 bridgehead atoms. The molecule has 2 amide bonds. The van der Waals surface area contributed by atoms with Gasteiger partial charge in [0.15, 0.2) is 0 Å². The molecule has 0 saturated carbocycles. The Morgan fingerprint density at radius 3 is 2.42 bits per heavy atom. The van der Waals surface area contributed by atoms with Gasteiger partial charge in [-0.3, -0.25) is 0 Å². The zero-order valence-corrected chi connectivity index (χ0v) is 12.0. The van der Waals surface area contributed by atoms with Crippen molar-refractivity contribution in [2.75, 3.05) is 18.4 Å². The number of amides is 2. The van der Waals surface area contributed by atoms with Gasteiger partial charge in [-0.05, 0) is 38.0 Å². The van der Waals surface area contributed by atoms with Gasteiger partial charge in [0.05, 0.1) is 6.10 Å². The Kier molecular flexibility index (Phi) is 6.36. The van der Waals surface area contributed by atoms with Crippen LogP contribution >= 0.6 is 0 Å². The SMILES string of the molecule is CCCCN(CC)C(=O)Nc1ccc(C(C)O)cc1. The summed E-state index contributed by atoms with van der Waals surface area (Å²) in [4.78, 5) is 13.8. The number of hydrogen-bond donors (Lipinski definition) is 2. The summed E-state index contributed by atoms with van der Waals surface area (Å²) in [6.45, 7) is 7.30. The van der Waals surface area contributed by atoms with Crippen LogP contribution in [0.1, 0.15) is 45.3 Å². The minimum atomic E-state index is -0.485. The van der Waals surface area contributed by atoms with Crippen molar-refractivity contribution in [2.45, 2.75) is 39.7 Å². The number of nitrogens with zero attached hydrogens (tertiary/aromatic N) is 1. The summed E-state index contributed by atoms with van der Waals surface area (Å²) in [5.74, 6) is 0. The average Bonchev–Trinajstić information content (AvgIpc) is 2.40. The van der Waals surface area contributed by atoms with E-state index < -0.39 is 6.10 Å². The van der Waals surface area contributed by atoms with E-state index in [-0.39, 0.29) is 6.03 Å². The van der Waals surface area contributed by atoms with Gasteiger partial charge in [0.2, 0.25) is 0 Å². The van der Waals surface area contributed by atoms with Gasteiger partial charge in [-0.2, -0.15) is 0 Å². The summed E-state index contributed by atoms with van der Waals surface area (Å²) in [7, 11) is 0. The van der Waals surface area contributed by atoms with E-state index in [1.807, 2.05) is 31.2 Å². The molecule has 2 N–H and O–H groups in total. The van der Waals surface area contributed by atoms with Crippen LogP contribution in [0.25, 0.3) is 0 Å². The fourth-order valence-electron chi connectivity index (χ4n) is 1.80. The Hall–Kier alpha value is -1.55. The van der Waals surface area contributed by atoms with E-state index in [1.165, 1.54) is 0 Å². The van der Waals surface area contributed by atoms with Gasteiger partial charge in [0.25, 0.3) is 0 Å². The molecule has 1 atom stereocenters. The third-order valence-corrected chi connectivity index (χ3v) is 3.09. The standard InChI is InChI=1S/C15H24N2O2/c1-4-6-11-17(5-2)15(19)16-14-9-7-13(8-10-14)12(3)18/h7-10,12,18H,4-6,11H2,1-3H3,(H,16,19). The van der Waals surface area contributed by atoms with E-state index in [1.54, 1.807) is 11.8 Å². The number of nitrogens with one attached hydrogen (secondary N) is 1. The molecule has 0 aliphatic carbocycles. The molecule has 0 spiro atoms. The van der Waals surface area contributed by atoms with E-state index in [0.29, 0.717) is 6.54 Å². The third-order valence-electron chi connectivity index (χ3n) is 3.09. The Balaban J connectivity index is 2.59. The largest absolute Gasteiger partial charge is 0.389 e. The molecule has 4 heteroatoms. The fraction of sp³-hybridized carbons (Fsp3) is 0.533. The normalized spacial score (nSPS) is 12.0. The molecule has 1 aromatic rings. The number of anilines is 1. The lowest BCUT2D eigenvalue weighted by Gasteiger charge is -2.21. The number of carbonyl (C=O) groups excluding carboxylic acids is 1. The van der Waals surface area contributed by atoms with E-state index in [2.05, 4.69) is 12.2 Å². The third kappa shape index (κ3) is 4.91. The highest BCUT2D eigenvalue weighted by Crippen LogP contribution is 2.16. The molecule has 0 aromatic heterocycles. The molecule has 1 aromatic carbocycles. The number of benzene rings is 1. The smallest absolute Gasteiger partial charge is 0.321 e. The molecule has 0 aliphatic heterocycles. The van der Waals surface area contributed by atoms with Gasteiger partial charge in [-0.15, -0.1) is 0 Å². The molecular formula is C15H24N2O2. The zero-order valence-electron chi connectivity index (χ0n) is 12.0. The van der Waals surface area contributed by atoms with Crippen LogP contribution in [0.3, 0.4) is 0 Å². The molecule has 1 rings (SSSR count). The number of rotatable bonds is 6. The predicted molar refractivity (Wildman–Crippen MR) is 78.2 cm³/mol. The van der Waals surface area contributed by atoms with E-state index in [0.717, 1.165) is 30.6 Å². The summed E-state index contributed by atoms with van der Waals surface area (Å²) < 4.78 is 0. The molecule has 0 aliphatic rings. The lowest BCUT2D eigenvalue weighted by atomic mass is 10.1. The second-order valence-electron chi connectivity index (χ2n) is 4.66. The van der Waals surface area contributed by atoms with Crippen molar-refractivity contribution in [3.8, 4) is 0 Å². The molecule has 19 heavy (non-hydrogen) atoms. The number of aliphatic hydroxyl groups excluding tert-OH is 1. The first-order chi connectivity index (χ1) is 9.08. The van der Waals surface area contributed by atoms with Crippen molar-refractivity contribution in [2.24, 2.45) is 0 Å². The van der Waals surface area contributed by atoms with Crippen LogP contribution in [0, 0.1) is 0 Å². The maximum Gasteiger partial charge on any atom is 0.321 e. The van der Waals surface area contributed by atoms with Crippen molar-refractivity contribution in [3.05, 3.63) is 29.8 Å². The summed E-state index contributed by atoms with van der Waals surface area (Å²) in [5, 5.41) is 12.3. The fourth-order valence-corrected chi connectivity index (χ4v) is 1.80. The first-order valence-corrected chi connectivity index (χ1v) is 6.92. The van der Waals surface area contributed by atoms with Crippen molar-refractivity contribution >= 4 is 11.7 Å². The van der Waals surface area contributed by atoms with Crippen molar-refractivity contribution in [3.63, 3.8) is 0 Å². The Morgan fingerprint density at radius 1 is 1.32 bits per heavy atom. The Morgan fingerprint density at radius 2 is 1.95 bits per heavy atom. The summed E-state index contributed by atoms with van der Waals surface area (Å²) in [6.07, 6.45) is 1.61. The molecule has 106 valence electrons. The van der Waals surface area contributed by atoms with E-state index in [4.69, 9.17) is 0 Å². The van der Waals surface area contributed by atoms with Crippen LogP contribution in [0.15, 0.2) is 24.3 Å². The number of unbranched alkanes of at least 4 members (excludes halogenated alkanes) is 1. The lowest BCUT2D eigenvalue weighted by Crippen LogP contribution is -2.35. The van der Waals surface area contributed by atoms with Crippen LogP contribution in [0.5, 0.6) is 0 Å². The number of hydrogen-bond acceptors (Lipinski definition) is 2. The van der Waals surface area contributed by atoms with Crippen LogP contribution < -0.4 is 5.32 Å². The zero-order chi connectivity index (χ0) is 14.3. The van der Waals surface area contributed by atoms with Crippen molar-refractivity contribution in [1.29, 1.82) is 0 Å². The number of aliphatic hydroxyl groups is 1.